The van der Waals surface area contributed by atoms with E-state index in [2.05, 4.69) is 20.6 Å². The van der Waals surface area contributed by atoms with Gasteiger partial charge in [0.15, 0.2) is 11.5 Å². The lowest BCUT2D eigenvalue weighted by Gasteiger charge is -2.32. The van der Waals surface area contributed by atoms with Gasteiger partial charge in [-0.15, -0.1) is 15.3 Å². The number of anilines is 1. The van der Waals surface area contributed by atoms with Crippen molar-refractivity contribution in [1.82, 2.24) is 24.7 Å². The Morgan fingerprint density at radius 1 is 1.07 bits per heavy atom. The summed E-state index contributed by atoms with van der Waals surface area (Å²) in [6.07, 6.45) is 0. The fourth-order valence-electron chi connectivity index (χ4n) is 3.29. The highest BCUT2D eigenvalue weighted by Gasteiger charge is 2.28. The molecule has 1 aliphatic rings. The van der Waals surface area contributed by atoms with Crippen LogP contribution in [0.1, 0.15) is 13.8 Å². The zero-order chi connectivity index (χ0) is 19.5. The molecule has 1 saturated heterocycles. The van der Waals surface area contributed by atoms with Crippen LogP contribution in [0.5, 0.6) is 0 Å². The number of benzene rings is 1. The highest BCUT2D eigenvalue weighted by molar-refractivity contribution is 5.85. The molecule has 1 atom stereocenters. The second-order valence-electron chi connectivity index (χ2n) is 7.18. The van der Waals surface area contributed by atoms with Crippen molar-refractivity contribution in [1.29, 1.82) is 0 Å². The minimum atomic E-state index is -0.361. The summed E-state index contributed by atoms with van der Waals surface area (Å²) in [5.74, 6) is 1.47. The molecule has 1 fully saturated rings. The van der Waals surface area contributed by atoms with Crippen LogP contribution in [0.2, 0.25) is 0 Å². The average molecular weight is 380 g/mol. The molecule has 4 rings (SSSR count). The molecule has 0 saturated carbocycles. The lowest BCUT2D eigenvalue weighted by Crippen LogP contribution is -2.50. The first-order valence-corrected chi connectivity index (χ1v) is 9.54. The number of aromatic nitrogens is 4. The first-order valence-electron chi connectivity index (χ1n) is 9.54. The SMILES string of the molecule is CC(C)C(Nc1ccc2nnc(-c3ccccc3)n2n1)C(=O)N1CCOCC1. The predicted octanol–water partition coefficient (Wildman–Crippen LogP) is 2.09. The molecule has 2 aromatic heterocycles. The summed E-state index contributed by atoms with van der Waals surface area (Å²) < 4.78 is 7.06. The maximum absolute atomic E-state index is 13.0. The second-order valence-corrected chi connectivity index (χ2v) is 7.18. The van der Waals surface area contributed by atoms with Gasteiger partial charge in [0, 0.05) is 18.7 Å². The third kappa shape index (κ3) is 3.68. The van der Waals surface area contributed by atoms with E-state index in [1.54, 1.807) is 4.52 Å². The minimum Gasteiger partial charge on any atom is -0.378 e. The molecule has 0 spiro atoms. The number of morpholine rings is 1. The molecule has 28 heavy (non-hydrogen) atoms. The van der Waals surface area contributed by atoms with E-state index >= 15 is 0 Å². The number of nitrogens with zero attached hydrogens (tertiary/aromatic N) is 5. The van der Waals surface area contributed by atoms with Crippen LogP contribution >= 0.6 is 0 Å². The molecule has 1 N–H and O–H groups in total. The topological polar surface area (TPSA) is 84.7 Å². The van der Waals surface area contributed by atoms with E-state index in [9.17, 15) is 4.79 Å². The van der Waals surface area contributed by atoms with Crippen molar-refractivity contribution >= 4 is 17.4 Å². The lowest BCUT2D eigenvalue weighted by atomic mass is 10.0. The summed E-state index contributed by atoms with van der Waals surface area (Å²) in [4.78, 5) is 14.8. The van der Waals surface area contributed by atoms with Gasteiger partial charge in [-0.3, -0.25) is 4.79 Å². The van der Waals surface area contributed by atoms with E-state index in [1.807, 2.05) is 61.2 Å². The van der Waals surface area contributed by atoms with Gasteiger partial charge in [0.25, 0.3) is 0 Å². The number of rotatable bonds is 5. The molecule has 1 unspecified atom stereocenters. The molecule has 3 heterocycles. The zero-order valence-electron chi connectivity index (χ0n) is 16.1. The van der Waals surface area contributed by atoms with Crippen LogP contribution in [0, 0.1) is 5.92 Å². The average Bonchev–Trinajstić information content (AvgIpc) is 3.16. The highest BCUT2D eigenvalue weighted by Crippen LogP contribution is 2.19. The van der Waals surface area contributed by atoms with Crippen molar-refractivity contribution in [3.05, 3.63) is 42.5 Å². The van der Waals surface area contributed by atoms with Gasteiger partial charge >= 0.3 is 0 Å². The first kappa shape index (κ1) is 18.4. The van der Waals surface area contributed by atoms with Crippen molar-refractivity contribution in [2.45, 2.75) is 19.9 Å². The maximum atomic E-state index is 13.0. The van der Waals surface area contributed by atoms with Crippen LogP contribution in [-0.2, 0) is 9.53 Å². The van der Waals surface area contributed by atoms with Gasteiger partial charge in [-0.1, -0.05) is 44.2 Å². The molecular weight excluding hydrogens is 356 g/mol. The van der Waals surface area contributed by atoms with E-state index in [0.717, 1.165) is 5.56 Å². The Kier molecular flexibility index (Phi) is 5.21. The van der Waals surface area contributed by atoms with E-state index < -0.39 is 0 Å². The van der Waals surface area contributed by atoms with Crippen molar-refractivity contribution in [3.63, 3.8) is 0 Å². The van der Waals surface area contributed by atoms with Gasteiger partial charge in [-0.2, -0.15) is 4.52 Å². The summed E-state index contributed by atoms with van der Waals surface area (Å²) in [6.45, 7) is 6.48. The Balaban J connectivity index is 1.61. The molecule has 1 aromatic carbocycles. The molecule has 3 aromatic rings. The largest absolute Gasteiger partial charge is 0.378 e. The number of hydrogen-bond acceptors (Lipinski definition) is 6. The number of carbonyl (C=O) groups excluding carboxylic acids is 1. The van der Waals surface area contributed by atoms with Crippen LogP contribution in [0.15, 0.2) is 42.5 Å². The van der Waals surface area contributed by atoms with Crippen molar-refractivity contribution in [2.75, 3.05) is 31.6 Å². The monoisotopic (exact) mass is 380 g/mol. The Hall–Kier alpha value is -3.00. The number of fused-ring (bicyclic) bond motifs is 1. The summed E-state index contributed by atoms with van der Waals surface area (Å²) in [7, 11) is 0. The van der Waals surface area contributed by atoms with Crippen LogP contribution in [0.4, 0.5) is 5.82 Å². The van der Waals surface area contributed by atoms with Crippen LogP contribution < -0.4 is 5.32 Å². The molecular formula is C20H24N6O2. The molecule has 0 aliphatic carbocycles. The number of nitrogens with one attached hydrogen (secondary N) is 1. The number of carbonyl (C=O) groups is 1. The number of ether oxygens (including phenoxy) is 1. The fraction of sp³-hybridized carbons (Fsp3) is 0.400. The lowest BCUT2D eigenvalue weighted by molar-refractivity contribution is -0.137. The van der Waals surface area contributed by atoms with Gasteiger partial charge < -0.3 is 15.0 Å². The van der Waals surface area contributed by atoms with E-state index in [0.29, 0.717) is 43.6 Å². The molecule has 0 radical (unpaired) electrons. The van der Waals surface area contributed by atoms with E-state index in [1.165, 1.54) is 0 Å². The Labute approximate surface area is 163 Å². The van der Waals surface area contributed by atoms with Crippen LogP contribution in [0.3, 0.4) is 0 Å². The zero-order valence-corrected chi connectivity index (χ0v) is 16.1. The number of amides is 1. The van der Waals surface area contributed by atoms with Crippen molar-refractivity contribution < 1.29 is 9.53 Å². The van der Waals surface area contributed by atoms with Gasteiger partial charge in [0.2, 0.25) is 5.91 Å². The van der Waals surface area contributed by atoms with Gasteiger partial charge in [0.05, 0.1) is 13.2 Å². The first-order chi connectivity index (χ1) is 13.6. The Bertz CT molecular complexity index is 950. The number of hydrogen-bond donors (Lipinski definition) is 1. The molecule has 1 amide bonds. The van der Waals surface area contributed by atoms with E-state index in [-0.39, 0.29) is 17.9 Å². The standard InChI is InChI=1S/C20H24N6O2/c1-14(2)18(20(27)25-10-12-28-13-11-25)21-16-8-9-17-22-23-19(26(17)24-16)15-6-4-3-5-7-15/h3-9,14,18H,10-13H2,1-2H3,(H,21,24). The summed E-state index contributed by atoms with van der Waals surface area (Å²) in [5, 5.41) is 16.4. The molecule has 8 heteroatoms. The fourth-order valence-corrected chi connectivity index (χ4v) is 3.29. The smallest absolute Gasteiger partial charge is 0.245 e. The Morgan fingerprint density at radius 2 is 1.82 bits per heavy atom. The van der Waals surface area contributed by atoms with Crippen LogP contribution in [-0.4, -0.2) is 63.0 Å². The summed E-state index contributed by atoms with van der Waals surface area (Å²) >= 11 is 0. The molecule has 0 bridgehead atoms. The molecule has 8 nitrogen and oxygen atoms in total. The highest BCUT2D eigenvalue weighted by atomic mass is 16.5. The van der Waals surface area contributed by atoms with Gasteiger partial charge in [-0.05, 0) is 18.1 Å². The van der Waals surface area contributed by atoms with Gasteiger partial charge in [0.1, 0.15) is 11.9 Å². The normalized spacial score (nSPS) is 15.8. The van der Waals surface area contributed by atoms with Crippen molar-refractivity contribution in [3.8, 4) is 11.4 Å². The molecule has 146 valence electrons. The quantitative estimate of drug-likeness (QED) is 0.730. The summed E-state index contributed by atoms with van der Waals surface area (Å²) in [5.41, 5.74) is 1.59. The van der Waals surface area contributed by atoms with Crippen LogP contribution in [0.25, 0.3) is 17.0 Å². The summed E-state index contributed by atoms with van der Waals surface area (Å²) in [6, 6.07) is 13.1. The maximum Gasteiger partial charge on any atom is 0.245 e. The Morgan fingerprint density at radius 3 is 2.54 bits per heavy atom. The van der Waals surface area contributed by atoms with Crippen molar-refractivity contribution in [2.24, 2.45) is 5.92 Å². The predicted molar refractivity (Wildman–Crippen MR) is 106 cm³/mol. The second kappa shape index (κ2) is 7.93. The van der Waals surface area contributed by atoms with E-state index in [4.69, 9.17) is 4.74 Å². The molecule has 1 aliphatic heterocycles. The third-order valence-corrected chi connectivity index (χ3v) is 4.85. The third-order valence-electron chi connectivity index (χ3n) is 4.85. The minimum absolute atomic E-state index is 0.0761. The van der Waals surface area contributed by atoms with Gasteiger partial charge in [-0.25, -0.2) is 0 Å².